The third-order valence-electron chi connectivity index (χ3n) is 1.54. The topological polar surface area (TPSA) is 63.3 Å². The molecule has 1 rings (SSSR count). The molecule has 1 aromatic heterocycles. The van der Waals surface area contributed by atoms with Gasteiger partial charge < -0.3 is 9.63 Å². The molecule has 72 valence electrons. The van der Waals surface area contributed by atoms with Gasteiger partial charge in [-0.15, -0.1) is 0 Å². The number of rotatable bonds is 3. The number of nitrogens with zero attached hydrogens (tertiary/aromatic N) is 1. The zero-order chi connectivity index (χ0) is 10.0. The van der Waals surface area contributed by atoms with Crippen LogP contribution in [0.5, 0.6) is 0 Å². The standard InChI is InChI=1S/C8H10BrNO3/c1-4(2)3-5-6(8(11)12)7(9)13-10-5/h4H,3H2,1-2H3,(H,11,12). The smallest absolute Gasteiger partial charge is 0.342 e. The molecule has 0 atom stereocenters. The Morgan fingerprint density at radius 3 is 2.77 bits per heavy atom. The van der Waals surface area contributed by atoms with Crippen LogP contribution < -0.4 is 0 Å². The molecule has 0 unspecified atom stereocenters. The highest BCUT2D eigenvalue weighted by atomic mass is 79.9. The third-order valence-corrected chi connectivity index (χ3v) is 2.08. The average Bonchev–Trinajstić information content (AvgIpc) is 2.30. The number of aromatic nitrogens is 1. The maximum absolute atomic E-state index is 10.8. The van der Waals surface area contributed by atoms with E-state index in [9.17, 15) is 4.79 Å². The van der Waals surface area contributed by atoms with Crippen molar-refractivity contribution in [2.45, 2.75) is 20.3 Å². The summed E-state index contributed by atoms with van der Waals surface area (Å²) >= 11 is 3.00. The van der Waals surface area contributed by atoms with E-state index in [1.165, 1.54) is 0 Å². The number of carboxylic acid groups (broad SMARTS) is 1. The SMILES string of the molecule is CC(C)Cc1noc(Br)c1C(=O)O. The molecule has 0 aromatic carbocycles. The number of hydrogen-bond donors (Lipinski definition) is 1. The highest BCUT2D eigenvalue weighted by molar-refractivity contribution is 9.10. The van der Waals surface area contributed by atoms with Crippen LogP contribution in [0, 0.1) is 5.92 Å². The van der Waals surface area contributed by atoms with Gasteiger partial charge in [0.25, 0.3) is 0 Å². The van der Waals surface area contributed by atoms with E-state index < -0.39 is 5.97 Å². The maximum atomic E-state index is 10.8. The molecule has 0 saturated heterocycles. The molecule has 5 heteroatoms. The highest BCUT2D eigenvalue weighted by Crippen LogP contribution is 2.22. The van der Waals surface area contributed by atoms with Crippen LogP contribution in [0.3, 0.4) is 0 Å². The van der Waals surface area contributed by atoms with Crippen molar-refractivity contribution in [3.63, 3.8) is 0 Å². The molecule has 0 spiro atoms. The van der Waals surface area contributed by atoms with Gasteiger partial charge in [-0.2, -0.15) is 0 Å². The molecule has 0 aliphatic heterocycles. The van der Waals surface area contributed by atoms with Gasteiger partial charge in [-0.1, -0.05) is 19.0 Å². The van der Waals surface area contributed by atoms with Gasteiger partial charge in [0.2, 0.25) is 4.67 Å². The lowest BCUT2D eigenvalue weighted by atomic mass is 10.1. The van der Waals surface area contributed by atoms with Crippen molar-refractivity contribution in [2.75, 3.05) is 0 Å². The summed E-state index contributed by atoms with van der Waals surface area (Å²) in [6.45, 7) is 3.99. The van der Waals surface area contributed by atoms with E-state index in [2.05, 4.69) is 21.1 Å². The molecule has 1 N–H and O–H groups in total. The second-order valence-corrected chi connectivity index (χ2v) is 3.90. The van der Waals surface area contributed by atoms with Crippen LogP contribution in [0.1, 0.15) is 29.9 Å². The van der Waals surface area contributed by atoms with Gasteiger partial charge in [0.05, 0.1) is 5.69 Å². The van der Waals surface area contributed by atoms with Gasteiger partial charge in [0.15, 0.2) is 0 Å². The summed E-state index contributed by atoms with van der Waals surface area (Å²) < 4.78 is 4.93. The minimum atomic E-state index is -1.01. The Morgan fingerprint density at radius 1 is 1.69 bits per heavy atom. The van der Waals surface area contributed by atoms with Gasteiger partial charge in [-0.3, -0.25) is 0 Å². The van der Waals surface area contributed by atoms with Crippen molar-refractivity contribution >= 4 is 21.9 Å². The molecule has 0 fully saturated rings. The molecular formula is C8H10BrNO3. The van der Waals surface area contributed by atoms with Crippen LogP contribution in [0.2, 0.25) is 0 Å². The van der Waals surface area contributed by atoms with E-state index in [0.717, 1.165) is 0 Å². The van der Waals surface area contributed by atoms with Gasteiger partial charge in [-0.25, -0.2) is 4.79 Å². The van der Waals surface area contributed by atoms with E-state index in [1.807, 2.05) is 13.8 Å². The normalized spacial score (nSPS) is 10.8. The van der Waals surface area contributed by atoms with Crippen molar-refractivity contribution in [1.82, 2.24) is 5.16 Å². The molecule has 0 radical (unpaired) electrons. The van der Waals surface area contributed by atoms with Crippen LogP contribution in [0.4, 0.5) is 0 Å². The summed E-state index contributed by atoms with van der Waals surface area (Å²) in [7, 11) is 0. The van der Waals surface area contributed by atoms with Crippen LogP contribution in [-0.4, -0.2) is 16.2 Å². The Morgan fingerprint density at radius 2 is 2.31 bits per heavy atom. The second-order valence-electron chi connectivity index (χ2n) is 3.18. The lowest BCUT2D eigenvalue weighted by Gasteiger charge is -2.00. The first kappa shape index (κ1) is 10.2. The molecular weight excluding hydrogens is 238 g/mol. The highest BCUT2D eigenvalue weighted by Gasteiger charge is 2.20. The summed E-state index contributed by atoms with van der Waals surface area (Å²) in [4.78, 5) is 10.8. The summed E-state index contributed by atoms with van der Waals surface area (Å²) in [6, 6.07) is 0. The summed E-state index contributed by atoms with van der Waals surface area (Å²) in [5, 5.41) is 12.5. The van der Waals surface area contributed by atoms with Crippen LogP contribution in [0.15, 0.2) is 9.19 Å². The fourth-order valence-corrected chi connectivity index (χ4v) is 1.50. The first-order valence-corrected chi connectivity index (χ1v) is 4.69. The van der Waals surface area contributed by atoms with E-state index in [-0.39, 0.29) is 10.2 Å². The van der Waals surface area contributed by atoms with Gasteiger partial charge >= 0.3 is 5.97 Å². The Kier molecular flexibility index (Phi) is 3.08. The van der Waals surface area contributed by atoms with Gasteiger partial charge in [0, 0.05) is 0 Å². The quantitative estimate of drug-likeness (QED) is 0.891. The largest absolute Gasteiger partial charge is 0.477 e. The van der Waals surface area contributed by atoms with E-state index in [0.29, 0.717) is 18.0 Å². The molecule has 0 aliphatic rings. The van der Waals surface area contributed by atoms with Crippen molar-refractivity contribution in [2.24, 2.45) is 5.92 Å². The predicted molar refractivity (Wildman–Crippen MR) is 49.7 cm³/mol. The lowest BCUT2D eigenvalue weighted by Crippen LogP contribution is -2.03. The Balaban J connectivity index is 3.00. The number of carboxylic acids is 1. The molecule has 0 amide bonds. The molecule has 1 heterocycles. The average molecular weight is 248 g/mol. The zero-order valence-electron chi connectivity index (χ0n) is 7.37. The van der Waals surface area contributed by atoms with Crippen molar-refractivity contribution in [1.29, 1.82) is 0 Å². The Hall–Kier alpha value is -0.840. The predicted octanol–water partition coefficient (Wildman–Crippen LogP) is 2.33. The van der Waals surface area contributed by atoms with Gasteiger partial charge in [0.1, 0.15) is 5.56 Å². The molecule has 1 aromatic rings. The summed E-state index contributed by atoms with van der Waals surface area (Å²) in [5.41, 5.74) is 0.628. The van der Waals surface area contributed by atoms with E-state index in [4.69, 9.17) is 9.63 Å². The second kappa shape index (κ2) is 3.91. The molecule has 4 nitrogen and oxygen atoms in total. The fourth-order valence-electron chi connectivity index (χ4n) is 1.03. The third kappa shape index (κ3) is 2.30. The van der Waals surface area contributed by atoms with Crippen molar-refractivity contribution in [3.05, 3.63) is 15.9 Å². The Labute approximate surface area is 84.0 Å². The number of halogens is 1. The first-order chi connectivity index (χ1) is 6.02. The maximum Gasteiger partial charge on any atom is 0.342 e. The van der Waals surface area contributed by atoms with Gasteiger partial charge in [-0.05, 0) is 28.3 Å². The molecule has 0 bridgehead atoms. The number of carbonyl (C=O) groups is 1. The number of aromatic carboxylic acids is 1. The summed E-state index contributed by atoms with van der Waals surface area (Å²) in [6.07, 6.45) is 0.608. The number of hydrogen-bond acceptors (Lipinski definition) is 3. The van der Waals surface area contributed by atoms with Crippen LogP contribution >= 0.6 is 15.9 Å². The van der Waals surface area contributed by atoms with Crippen LogP contribution in [0.25, 0.3) is 0 Å². The lowest BCUT2D eigenvalue weighted by molar-refractivity contribution is 0.0693. The Bertz CT molecular complexity index is 319. The van der Waals surface area contributed by atoms with Crippen molar-refractivity contribution < 1.29 is 14.4 Å². The van der Waals surface area contributed by atoms with Crippen LogP contribution in [-0.2, 0) is 6.42 Å². The summed E-state index contributed by atoms with van der Waals surface area (Å²) in [5.74, 6) is -0.654. The van der Waals surface area contributed by atoms with E-state index >= 15 is 0 Å². The fraction of sp³-hybridized carbons (Fsp3) is 0.500. The van der Waals surface area contributed by atoms with Crippen molar-refractivity contribution in [3.8, 4) is 0 Å². The zero-order valence-corrected chi connectivity index (χ0v) is 8.96. The molecule has 0 aliphatic carbocycles. The van der Waals surface area contributed by atoms with E-state index in [1.54, 1.807) is 0 Å². The molecule has 13 heavy (non-hydrogen) atoms. The monoisotopic (exact) mass is 247 g/mol. The minimum absolute atomic E-state index is 0.133. The minimum Gasteiger partial charge on any atom is -0.477 e. The first-order valence-electron chi connectivity index (χ1n) is 3.89. The molecule has 0 saturated carbocycles.